The standard InChI is InChI=1S/C18H20BrN/c1-12-8-16(11-17(19)9-12)18(20-2)15-7-6-13-4-3-5-14(13)10-15/h6-11,18,20H,3-5H2,1-2H3. The van der Waals surface area contributed by atoms with Gasteiger partial charge in [0.1, 0.15) is 0 Å². The van der Waals surface area contributed by atoms with E-state index in [1.54, 1.807) is 0 Å². The van der Waals surface area contributed by atoms with E-state index < -0.39 is 0 Å². The molecule has 1 aliphatic rings. The fourth-order valence-corrected chi connectivity index (χ4v) is 3.85. The van der Waals surface area contributed by atoms with Crippen LogP contribution in [-0.2, 0) is 12.8 Å². The maximum atomic E-state index is 3.60. The van der Waals surface area contributed by atoms with Crippen molar-refractivity contribution in [3.8, 4) is 0 Å². The first kappa shape index (κ1) is 13.8. The number of benzene rings is 2. The number of aryl methyl sites for hydroxylation is 3. The highest BCUT2D eigenvalue weighted by Gasteiger charge is 2.17. The normalized spacial score (nSPS) is 15.2. The fourth-order valence-electron chi connectivity index (χ4n) is 3.23. The Hall–Kier alpha value is -1.12. The van der Waals surface area contributed by atoms with Crippen LogP contribution in [0.5, 0.6) is 0 Å². The van der Waals surface area contributed by atoms with Gasteiger partial charge in [-0.2, -0.15) is 0 Å². The van der Waals surface area contributed by atoms with Gasteiger partial charge in [-0.1, -0.05) is 40.2 Å². The molecule has 104 valence electrons. The molecule has 0 saturated heterocycles. The van der Waals surface area contributed by atoms with Crippen molar-refractivity contribution in [2.75, 3.05) is 7.05 Å². The molecular formula is C18H20BrN. The molecule has 1 nitrogen and oxygen atoms in total. The van der Waals surface area contributed by atoms with Gasteiger partial charge in [-0.25, -0.2) is 0 Å². The first-order valence-electron chi connectivity index (χ1n) is 7.23. The van der Waals surface area contributed by atoms with Crippen molar-refractivity contribution >= 4 is 15.9 Å². The SMILES string of the molecule is CNC(c1cc(C)cc(Br)c1)c1ccc2c(c1)CCC2. The van der Waals surface area contributed by atoms with E-state index in [0.29, 0.717) is 0 Å². The second kappa shape index (κ2) is 5.71. The van der Waals surface area contributed by atoms with Gasteiger partial charge in [-0.15, -0.1) is 0 Å². The first-order chi connectivity index (χ1) is 9.67. The van der Waals surface area contributed by atoms with Crippen LogP contribution >= 0.6 is 15.9 Å². The van der Waals surface area contributed by atoms with Gasteiger partial charge in [-0.3, -0.25) is 0 Å². The van der Waals surface area contributed by atoms with Crippen molar-refractivity contribution in [2.45, 2.75) is 32.2 Å². The Morgan fingerprint density at radius 2 is 1.80 bits per heavy atom. The highest BCUT2D eigenvalue weighted by Crippen LogP contribution is 2.30. The maximum absolute atomic E-state index is 3.60. The molecule has 2 heteroatoms. The van der Waals surface area contributed by atoms with Crippen LogP contribution in [0.4, 0.5) is 0 Å². The largest absolute Gasteiger partial charge is 0.309 e. The van der Waals surface area contributed by atoms with Gasteiger partial charge in [0.05, 0.1) is 6.04 Å². The third-order valence-corrected chi connectivity index (χ3v) is 4.60. The number of rotatable bonds is 3. The van der Waals surface area contributed by atoms with Crippen molar-refractivity contribution in [3.05, 3.63) is 68.7 Å². The summed E-state index contributed by atoms with van der Waals surface area (Å²) in [6, 6.07) is 13.9. The fraction of sp³-hybridized carbons (Fsp3) is 0.333. The van der Waals surface area contributed by atoms with Gasteiger partial charge in [0.25, 0.3) is 0 Å². The summed E-state index contributed by atoms with van der Waals surface area (Å²) in [7, 11) is 2.04. The number of hydrogen-bond donors (Lipinski definition) is 1. The highest BCUT2D eigenvalue weighted by atomic mass is 79.9. The lowest BCUT2D eigenvalue weighted by atomic mass is 9.95. The summed E-state index contributed by atoms with van der Waals surface area (Å²) in [5.74, 6) is 0. The Morgan fingerprint density at radius 1 is 1.00 bits per heavy atom. The van der Waals surface area contributed by atoms with Gasteiger partial charge >= 0.3 is 0 Å². The average molecular weight is 330 g/mol. The zero-order chi connectivity index (χ0) is 14.1. The molecule has 0 saturated carbocycles. The van der Waals surface area contributed by atoms with Crippen molar-refractivity contribution in [1.82, 2.24) is 5.32 Å². The Morgan fingerprint density at radius 3 is 2.55 bits per heavy atom. The Labute approximate surface area is 129 Å². The van der Waals surface area contributed by atoms with E-state index in [0.717, 1.165) is 4.47 Å². The van der Waals surface area contributed by atoms with Crippen LogP contribution < -0.4 is 5.32 Å². The van der Waals surface area contributed by atoms with Crippen molar-refractivity contribution in [3.63, 3.8) is 0 Å². The summed E-state index contributed by atoms with van der Waals surface area (Å²) in [4.78, 5) is 0. The lowest BCUT2D eigenvalue weighted by Crippen LogP contribution is -2.18. The quantitative estimate of drug-likeness (QED) is 0.870. The third-order valence-electron chi connectivity index (χ3n) is 4.14. The Kier molecular flexibility index (Phi) is 3.95. The summed E-state index contributed by atoms with van der Waals surface area (Å²) >= 11 is 3.60. The number of fused-ring (bicyclic) bond motifs is 1. The van der Waals surface area contributed by atoms with E-state index in [2.05, 4.69) is 64.6 Å². The van der Waals surface area contributed by atoms with Gasteiger partial charge in [0, 0.05) is 4.47 Å². The van der Waals surface area contributed by atoms with Crippen LogP contribution in [0.3, 0.4) is 0 Å². The van der Waals surface area contributed by atoms with Gasteiger partial charge in [0.15, 0.2) is 0 Å². The minimum Gasteiger partial charge on any atom is -0.309 e. The summed E-state index contributed by atoms with van der Waals surface area (Å²) in [6.45, 7) is 2.14. The number of halogens is 1. The zero-order valence-corrected chi connectivity index (χ0v) is 13.6. The monoisotopic (exact) mass is 329 g/mol. The summed E-state index contributed by atoms with van der Waals surface area (Å²) in [5, 5.41) is 3.46. The lowest BCUT2D eigenvalue weighted by molar-refractivity contribution is 0.690. The maximum Gasteiger partial charge on any atom is 0.0574 e. The van der Waals surface area contributed by atoms with Crippen molar-refractivity contribution < 1.29 is 0 Å². The Balaban J connectivity index is 2.01. The molecule has 0 amide bonds. The van der Waals surface area contributed by atoms with Crippen LogP contribution in [0.15, 0.2) is 40.9 Å². The molecule has 1 unspecified atom stereocenters. The van der Waals surface area contributed by atoms with Gasteiger partial charge in [0.2, 0.25) is 0 Å². The predicted molar refractivity (Wildman–Crippen MR) is 88.2 cm³/mol. The molecule has 0 fully saturated rings. The molecule has 20 heavy (non-hydrogen) atoms. The minimum atomic E-state index is 0.261. The van der Waals surface area contributed by atoms with Crippen molar-refractivity contribution in [2.24, 2.45) is 0 Å². The molecular weight excluding hydrogens is 310 g/mol. The van der Waals surface area contributed by atoms with Gasteiger partial charge in [-0.05, 0) is 73.2 Å². The van der Waals surface area contributed by atoms with Gasteiger partial charge < -0.3 is 5.32 Å². The van der Waals surface area contributed by atoms with E-state index in [4.69, 9.17) is 0 Å². The molecule has 1 atom stereocenters. The highest BCUT2D eigenvalue weighted by molar-refractivity contribution is 9.10. The predicted octanol–water partition coefficient (Wildman–Crippen LogP) is 4.56. The van der Waals surface area contributed by atoms with E-state index in [-0.39, 0.29) is 6.04 Å². The molecule has 0 spiro atoms. The lowest BCUT2D eigenvalue weighted by Gasteiger charge is -2.19. The number of nitrogens with one attached hydrogen (secondary N) is 1. The minimum absolute atomic E-state index is 0.261. The molecule has 1 N–H and O–H groups in total. The van der Waals surface area contributed by atoms with E-state index in [9.17, 15) is 0 Å². The second-order valence-electron chi connectivity index (χ2n) is 5.67. The Bertz CT molecular complexity index is 613. The molecule has 3 rings (SSSR count). The summed E-state index contributed by atoms with van der Waals surface area (Å²) in [6.07, 6.45) is 3.78. The molecule has 0 aliphatic heterocycles. The summed E-state index contributed by atoms with van der Waals surface area (Å²) < 4.78 is 1.15. The van der Waals surface area contributed by atoms with E-state index in [1.165, 1.54) is 47.1 Å². The molecule has 0 bridgehead atoms. The number of hydrogen-bond acceptors (Lipinski definition) is 1. The summed E-state index contributed by atoms with van der Waals surface area (Å²) in [5.41, 5.74) is 7.04. The molecule has 2 aromatic rings. The molecule has 0 aromatic heterocycles. The zero-order valence-electron chi connectivity index (χ0n) is 12.0. The second-order valence-corrected chi connectivity index (χ2v) is 6.58. The van der Waals surface area contributed by atoms with E-state index >= 15 is 0 Å². The first-order valence-corrected chi connectivity index (χ1v) is 8.03. The van der Waals surface area contributed by atoms with Crippen LogP contribution in [0.25, 0.3) is 0 Å². The topological polar surface area (TPSA) is 12.0 Å². The third kappa shape index (κ3) is 2.68. The van der Waals surface area contributed by atoms with E-state index in [1.807, 2.05) is 7.05 Å². The van der Waals surface area contributed by atoms with Crippen LogP contribution in [0.2, 0.25) is 0 Å². The molecule has 1 aliphatic carbocycles. The molecule has 2 aromatic carbocycles. The average Bonchev–Trinajstić information content (AvgIpc) is 2.86. The smallest absolute Gasteiger partial charge is 0.0574 e. The van der Waals surface area contributed by atoms with Crippen molar-refractivity contribution in [1.29, 1.82) is 0 Å². The molecule has 0 radical (unpaired) electrons. The molecule has 0 heterocycles. The van der Waals surface area contributed by atoms with Crippen LogP contribution in [0, 0.1) is 6.92 Å². The van der Waals surface area contributed by atoms with Crippen LogP contribution in [0.1, 0.15) is 40.3 Å². The van der Waals surface area contributed by atoms with Crippen LogP contribution in [-0.4, -0.2) is 7.05 Å².